The Balaban J connectivity index is 1.79. The van der Waals surface area contributed by atoms with Crippen molar-refractivity contribution >= 4 is 16.8 Å². The maximum Gasteiger partial charge on any atom is 0.227 e. The van der Waals surface area contributed by atoms with Crippen LogP contribution in [0.4, 0.5) is 0 Å². The van der Waals surface area contributed by atoms with Gasteiger partial charge in [-0.15, -0.1) is 0 Å². The number of nitrogens with one attached hydrogen (secondary N) is 1. The highest BCUT2D eigenvalue weighted by Crippen LogP contribution is 2.26. The average Bonchev–Trinajstić information content (AvgIpc) is 2.97. The Bertz CT molecular complexity index is 695. The van der Waals surface area contributed by atoms with E-state index in [4.69, 9.17) is 4.74 Å². The SMILES string of the molecule is COc1ccc2[nH]cc(CC(=O)N3CC(CO)CCC3C)c2c1. The molecule has 2 N–H and O–H groups in total. The van der Waals surface area contributed by atoms with E-state index in [2.05, 4.69) is 11.9 Å². The van der Waals surface area contributed by atoms with Crippen molar-refractivity contribution in [1.29, 1.82) is 0 Å². The lowest BCUT2D eigenvalue weighted by molar-refractivity contribution is -0.135. The Morgan fingerprint density at radius 1 is 1.43 bits per heavy atom. The summed E-state index contributed by atoms with van der Waals surface area (Å²) in [5, 5.41) is 10.4. The third kappa shape index (κ3) is 3.20. The van der Waals surface area contributed by atoms with Crippen molar-refractivity contribution in [2.24, 2.45) is 5.92 Å². The fraction of sp³-hybridized carbons (Fsp3) is 0.500. The number of aliphatic hydroxyl groups excluding tert-OH is 1. The summed E-state index contributed by atoms with van der Waals surface area (Å²) in [6.45, 7) is 2.90. The molecule has 5 heteroatoms. The number of amides is 1. The zero-order chi connectivity index (χ0) is 16.4. The molecule has 1 aromatic carbocycles. The fourth-order valence-corrected chi connectivity index (χ4v) is 3.37. The molecule has 0 radical (unpaired) electrons. The lowest BCUT2D eigenvalue weighted by Gasteiger charge is -2.37. The lowest BCUT2D eigenvalue weighted by Crippen LogP contribution is -2.46. The Labute approximate surface area is 136 Å². The molecule has 1 amide bonds. The van der Waals surface area contributed by atoms with Gasteiger partial charge >= 0.3 is 0 Å². The number of aromatic nitrogens is 1. The van der Waals surface area contributed by atoms with Gasteiger partial charge in [0.2, 0.25) is 5.91 Å². The number of piperidine rings is 1. The Morgan fingerprint density at radius 2 is 2.26 bits per heavy atom. The van der Waals surface area contributed by atoms with Crippen LogP contribution in [0, 0.1) is 5.92 Å². The van der Waals surface area contributed by atoms with Crippen molar-refractivity contribution in [1.82, 2.24) is 9.88 Å². The predicted molar refractivity (Wildman–Crippen MR) is 89.5 cm³/mol. The molecule has 0 saturated carbocycles. The monoisotopic (exact) mass is 316 g/mol. The second-order valence-electron chi connectivity index (χ2n) is 6.42. The van der Waals surface area contributed by atoms with E-state index in [1.54, 1.807) is 7.11 Å². The summed E-state index contributed by atoms with van der Waals surface area (Å²) in [5.41, 5.74) is 2.00. The van der Waals surface area contributed by atoms with Gasteiger partial charge in [-0.25, -0.2) is 0 Å². The van der Waals surface area contributed by atoms with Crippen molar-refractivity contribution in [3.8, 4) is 5.75 Å². The Kier molecular flexibility index (Phi) is 4.57. The average molecular weight is 316 g/mol. The maximum absolute atomic E-state index is 12.7. The molecular weight excluding hydrogens is 292 g/mol. The first-order chi connectivity index (χ1) is 11.1. The normalized spacial score (nSPS) is 21.6. The lowest BCUT2D eigenvalue weighted by atomic mass is 9.93. The van der Waals surface area contributed by atoms with Crippen LogP contribution in [0.3, 0.4) is 0 Å². The van der Waals surface area contributed by atoms with E-state index in [1.807, 2.05) is 29.3 Å². The Morgan fingerprint density at radius 3 is 3.00 bits per heavy atom. The molecule has 1 aliphatic heterocycles. The summed E-state index contributed by atoms with van der Waals surface area (Å²) in [4.78, 5) is 17.9. The molecule has 2 heterocycles. The van der Waals surface area contributed by atoms with E-state index in [9.17, 15) is 9.90 Å². The molecule has 5 nitrogen and oxygen atoms in total. The molecule has 2 unspecified atom stereocenters. The van der Waals surface area contributed by atoms with Gasteiger partial charge in [0.05, 0.1) is 13.5 Å². The molecule has 0 bridgehead atoms. The minimum Gasteiger partial charge on any atom is -0.497 e. The number of nitrogens with zero attached hydrogens (tertiary/aromatic N) is 1. The maximum atomic E-state index is 12.7. The molecule has 1 aliphatic rings. The number of fused-ring (bicyclic) bond motifs is 1. The number of carbonyl (C=O) groups excluding carboxylic acids is 1. The summed E-state index contributed by atoms with van der Waals surface area (Å²) >= 11 is 0. The van der Waals surface area contributed by atoms with Crippen LogP contribution in [-0.2, 0) is 11.2 Å². The molecule has 124 valence electrons. The van der Waals surface area contributed by atoms with Gasteiger partial charge in [0.25, 0.3) is 0 Å². The predicted octanol–water partition coefficient (Wildman–Crippen LogP) is 2.34. The number of aromatic amines is 1. The van der Waals surface area contributed by atoms with Crippen molar-refractivity contribution < 1.29 is 14.6 Å². The van der Waals surface area contributed by atoms with E-state index >= 15 is 0 Å². The third-order valence-corrected chi connectivity index (χ3v) is 4.87. The smallest absolute Gasteiger partial charge is 0.227 e. The standard InChI is InChI=1S/C18H24N2O3/c1-12-3-4-13(11-21)10-20(12)18(22)7-14-9-19-17-6-5-15(23-2)8-16(14)17/h5-6,8-9,12-13,19,21H,3-4,7,10-11H2,1-2H3. The number of hydrogen-bond acceptors (Lipinski definition) is 3. The van der Waals surface area contributed by atoms with E-state index in [0.717, 1.165) is 35.1 Å². The molecule has 23 heavy (non-hydrogen) atoms. The van der Waals surface area contributed by atoms with E-state index in [1.165, 1.54) is 0 Å². The molecule has 2 atom stereocenters. The molecule has 0 spiro atoms. The summed E-state index contributed by atoms with van der Waals surface area (Å²) in [6, 6.07) is 6.08. The summed E-state index contributed by atoms with van der Waals surface area (Å²) < 4.78 is 5.28. The largest absolute Gasteiger partial charge is 0.497 e. The van der Waals surface area contributed by atoms with Crippen molar-refractivity contribution in [2.75, 3.05) is 20.3 Å². The van der Waals surface area contributed by atoms with Gasteiger partial charge in [-0.05, 0) is 49.4 Å². The first kappa shape index (κ1) is 15.9. The second kappa shape index (κ2) is 6.62. The second-order valence-corrected chi connectivity index (χ2v) is 6.42. The number of methoxy groups -OCH3 is 1. The summed E-state index contributed by atoms with van der Waals surface area (Å²) in [5.74, 6) is 1.12. The van der Waals surface area contributed by atoms with Gasteiger partial charge < -0.3 is 19.7 Å². The third-order valence-electron chi connectivity index (χ3n) is 4.87. The molecule has 1 fully saturated rings. The molecule has 0 aliphatic carbocycles. The zero-order valence-corrected chi connectivity index (χ0v) is 13.7. The van der Waals surface area contributed by atoms with Crippen LogP contribution in [0.5, 0.6) is 5.75 Å². The van der Waals surface area contributed by atoms with Gasteiger partial charge in [-0.3, -0.25) is 4.79 Å². The fourth-order valence-electron chi connectivity index (χ4n) is 3.37. The van der Waals surface area contributed by atoms with Crippen LogP contribution < -0.4 is 4.74 Å². The highest BCUT2D eigenvalue weighted by molar-refractivity contribution is 5.89. The zero-order valence-electron chi connectivity index (χ0n) is 13.7. The number of carbonyl (C=O) groups is 1. The number of aliphatic hydroxyl groups is 1. The molecule has 2 aromatic rings. The van der Waals surface area contributed by atoms with Gasteiger partial charge in [-0.1, -0.05) is 0 Å². The molecular formula is C18H24N2O3. The van der Waals surface area contributed by atoms with Crippen LogP contribution in [0.2, 0.25) is 0 Å². The number of benzene rings is 1. The molecule has 1 saturated heterocycles. The minimum atomic E-state index is 0.124. The topological polar surface area (TPSA) is 65.6 Å². The van der Waals surface area contributed by atoms with Crippen molar-refractivity contribution in [2.45, 2.75) is 32.2 Å². The van der Waals surface area contributed by atoms with Crippen LogP contribution in [0.15, 0.2) is 24.4 Å². The van der Waals surface area contributed by atoms with Crippen molar-refractivity contribution in [3.63, 3.8) is 0 Å². The molecule has 1 aromatic heterocycles. The van der Waals surface area contributed by atoms with Gasteiger partial charge in [0.1, 0.15) is 5.75 Å². The number of likely N-dealkylation sites (tertiary alicyclic amines) is 1. The first-order valence-corrected chi connectivity index (χ1v) is 8.16. The quantitative estimate of drug-likeness (QED) is 0.910. The highest BCUT2D eigenvalue weighted by Gasteiger charge is 2.28. The minimum absolute atomic E-state index is 0.124. The van der Waals surface area contributed by atoms with Crippen LogP contribution >= 0.6 is 0 Å². The van der Waals surface area contributed by atoms with Crippen LogP contribution in [0.1, 0.15) is 25.3 Å². The van der Waals surface area contributed by atoms with Gasteiger partial charge in [0.15, 0.2) is 0 Å². The number of H-pyrrole nitrogens is 1. The summed E-state index contributed by atoms with van der Waals surface area (Å²) in [6.07, 6.45) is 4.22. The highest BCUT2D eigenvalue weighted by atomic mass is 16.5. The van der Waals surface area contributed by atoms with E-state index < -0.39 is 0 Å². The van der Waals surface area contributed by atoms with Gasteiger partial charge in [-0.2, -0.15) is 0 Å². The first-order valence-electron chi connectivity index (χ1n) is 8.16. The van der Waals surface area contributed by atoms with Crippen LogP contribution in [-0.4, -0.2) is 47.2 Å². The van der Waals surface area contributed by atoms with E-state index in [0.29, 0.717) is 13.0 Å². The van der Waals surface area contributed by atoms with E-state index in [-0.39, 0.29) is 24.5 Å². The summed E-state index contributed by atoms with van der Waals surface area (Å²) in [7, 11) is 1.64. The van der Waals surface area contributed by atoms with Crippen molar-refractivity contribution in [3.05, 3.63) is 30.0 Å². The number of ether oxygens (including phenoxy) is 1. The number of rotatable bonds is 4. The van der Waals surface area contributed by atoms with Gasteiger partial charge in [0, 0.05) is 36.3 Å². The Hall–Kier alpha value is -2.01. The van der Waals surface area contributed by atoms with Crippen LogP contribution in [0.25, 0.3) is 10.9 Å². The number of hydrogen-bond donors (Lipinski definition) is 2. The molecule has 3 rings (SSSR count).